The summed E-state index contributed by atoms with van der Waals surface area (Å²) < 4.78 is 11.2. The van der Waals surface area contributed by atoms with Crippen molar-refractivity contribution in [3.63, 3.8) is 0 Å². The minimum Gasteiger partial charge on any atom is -0.369 e. The van der Waals surface area contributed by atoms with Gasteiger partial charge in [0.2, 0.25) is 0 Å². The molecule has 2 rings (SSSR count). The van der Waals surface area contributed by atoms with E-state index in [-0.39, 0.29) is 5.91 Å². The molecule has 1 aromatic heterocycles. The van der Waals surface area contributed by atoms with Gasteiger partial charge in [-0.2, -0.15) is 0 Å². The summed E-state index contributed by atoms with van der Waals surface area (Å²) in [4.78, 5) is 13.8. The summed E-state index contributed by atoms with van der Waals surface area (Å²) in [5.74, 6) is 1.62. The number of amides is 1. The van der Waals surface area contributed by atoms with Crippen LogP contribution in [-0.2, 0) is 10.8 Å². The highest BCUT2D eigenvalue weighted by Gasteiger charge is 2.22. The molecule has 18 heavy (non-hydrogen) atoms. The second-order valence-electron chi connectivity index (χ2n) is 3.97. The van der Waals surface area contributed by atoms with Crippen LogP contribution in [0.25, 0.3) is 0 Å². The Morgan fingerprint density at radius 3 is 2.67 bits per heavy atom. The molecule has 0 spiro atoms. The van der Waals surface area contributed by atoms with Crippen molar-refractivity contribution in [2.75, 3.05) is 36.5 Å². The molecule has 0 unspecified atom stereocenters. The van der Waals surface area contributed by atoms with Crippen LogP contribution in [0.5, 0.6) is 0 Å². The van der Waals surface area contributed by atoms with Gasteiger partial charge in [0.25, 0.3) is 5.91 Å². The highest BCUT2D eigenvalue weighted by Crippen LogP contribution is 2.07. The molecule has 0 atom stereocenters. The van der Waals surface area contributed by atoms with E-state index in [2.05, 4.69) is 15.5 Å². The molecule has 1 saturated heterocycles. The van der Waals surface area contributed by atoms with E-state index in [4.69, 9.17) is 0 Å². The van der Waals surface area contributed by atoms with Crippen molar-refractivity contribution in [2.45, 2.75) is 6.92 Å². The lowest BCUT2D eigenvalue weighted by Crippen LogP contribution is -2.42. The van der Waals surface area contributed by atoms with Crippen molar-refractivity contribution in [1.29, 1.82) is 0 Å². The molecule has 0 bridgehead atoms. The Balaban J connectivity index is 2.02. The number of anilines is 1. The maximum atomic E-state index is 12.1. The predicted molar refractivity (Wildman–Crippen MR) is 70.0 cm³/mol. The Hall–Kier alpha value is -1.50. The van der Waals surface area contributed by atoms with Gasteiger partial charge in [-0.15, -0.1) is 10.2 Å². The van der Waals surface area contributed by atoms with E-state index in [9.17, 15) is 9.00 Å². The molecule has 0 saturated carbocycles. The van der Waals surface area contributed by atoms with Gasteiger partial charge in [0.15, 0.2) is 5.69 Å². The zero-order chi connectivity index (χ0) is 13.0. The molecular weight excluding hydrogens is 252 g/mol. The Morgan fingerprint density at radius 2 is 2.11 bits per heavy atom. The summed E-state index contributed by atoms with van der Waals surface area (Å²) in [6, 6.07) is 3.41. The maximum Gasteiger partial charge on any atom is 0.274 e. The van der Waals surface area contributed by atoms with E-state index in [0.29, 0.717) is 36.1 Å². The van der Waals surface area contributed by atoms with Gasteiger partial charge < -0.3 is 10.2 Å². The fourth-order valence-electron chi connectivity index (χ4n) is 1.72. The molecule has 1 N–H and O–H groups in total. The molecule has 98 valence electrons. The van der Waals surface area contributed by atoms with Gasteiger partial charge in [0.05, 0.1) is 0 Å². The van der Waals surface area contributed by atoms with Crippen molar-refractivity contribution < 1.29 is 9.00 Å². The zero-order valence-corrected chi connectivity index (χ0v) is 11.1. The first-order chi connectivity index (χ1) is 8.70. The molecule has 6 nitrogen and oxygen atoms in total. The first-order valence-electron chi connectivity index (χ1n) is 5.92. The van der Waals surface area contributed by atoms with E-state index < -0.39 is 10.8 Å². The fraction of sp³-hybridized carbons (Fsp3) is 0.545. The smallest absolute Gasteiger partial charge is 0.274 e. The van der Waals surface area contributed by atoms with Gasteiger partial charge in [0.1, 0.15) is 5.82 Å². The highest BCUT2D eigenvalue weighted by molar-refractivity contribution is 7.85. The van der Waals surface area contributed by atoms with Crippen LogP contribution >= 0.6 is 0 Å². The molecule has 1 aliphatic rings. The molecule has 1 aromatic rings. The van der Waals surface area contributed by atoms with Crippen molar-refractivity contribution in [3.05, 3.63) is 17.8 Å². The number of carbonyl (C=O) groups excluding carboxylic acids is 1. The highest BCUT2D eigenvalue weighted by atomic mass is 32.2. The van der Waals surface area contributed by atoms with Crippen LogP contribution in [0, 0.1) is 0 Å². The van der Waals surface area contributed by atoms with Gasteiger partial charge in [-0.05, 0) is 19.1 Å². The number of nitrogens with zero attached hydrogens (tertiary/aromatic N) is 3. The summed E-state index contributed by atoms with van der Waals surface area (Å²) in [5, 5.41) is 10.9. The number of carbonyl (C=O) groups is 1. The average Bonchev–Trinajstić information content (AvgIpc) is 2.40. The average molecular weight is 268 g/mol. The molecule has 1 fully saturated rings. The van der Waals surface area contributed by atoms with Crippen LogP contribution < -0.4 is 5.32 Å². The number of nitrogens with one attached hydrogen (secondary N) is 1. The van der Waals surface area contributed by atoms with Gasteiger partial charge in [-0.25, -0.2) is 0 Å². The summed E-state index contributed by atoms with van der Waals surface area (Å²) in [6.07, 6.45) is 0. The molecular formula is C11H16N4O2S. The third-order valence-corrected chi connectivity index (χ3v) is 3.98. The lowest BCUT2D eigenvalue weighted by molar-refractivity contribution is 0.0764. The standard InChI is InChI=1S/C11H16N4O2S/c1-2-12-10-4-3-9(13-14-10)11(16)15-5-7-18(17)8-6-15/h3-4H,2,5-8H2,1H3,(H,12,14). The quantitative estimate of drug-likeness (QED) is 0.842. The molecule has 7 heteroatoms. The molecule has 2 heterocycles. The van der Waals surface area contributed by atoms with E-state index in [0.717, 1.165) is 6.54 Å². The normalized spacial score (nSPS) is 16.6. The van der Waals surface area contributed by atoms with Crippen molar-refractivity contribution in [1.82, 2.24) is 15.1 Å². The van der Waals surface area contributed by atoms with Crippen LogP contribution in [-0.4, -0.2) is 56.4 Å². The zero-order valence-electron chi connectivity index (χ0n) is 10.3. The Kier molecular flexibility index (Phi) is 4.24. The van der Waals surface area contributed by atoms with Crippen LogP contribution in [0.2, 0.25) is 0 Å². The molecule has 0 aromatic carbocycles. The monoisotopic (exact) mass is 268 g/mol. The fourth-order valence-corrected chi connectivity index (χ4v) is 2.78. The third-order valence-electron chi connectivity index (χ3n) is 2.71. The van der Waals surface area contributed by atoms with Gasteiger partial charge in [-0.1, -0.05) is 0 Å². The van der Waals surface area contributed by atoms with E-state index in [1.54, 1.807) is 17.0 Å². The first kappa shape index (κ1) is 12.9. The lowest BCUT2D eigenvalue weighted by Gasteiger charge is -2.25. The largest absolute Gasteiger partial charge is 0.369 e. The summed E-state index contributed by atoms with van der Waals surface area (Å²) in [6.45, 7) is 3.79. The minimum absolute atomic E-state index is 0.137. The summed E-state index contributed by atoms with van der Waals surface area (Å²) in [7, 11) is -0.780. The molecule has 0 radical (unpaired) electrons. The Bertz CT molecular complexity index is 439. The van der Waals surface area contributed by atoms with Gasteiger partial charge in [0, 0.05) is 41.9 Å². The first-order valence-corrected chi connectivity index (χ1v) is 7.41. The SMILES string of the molecule is CCNc1ccc(C(=O)N2CCS(=O)CC2)nn1. The van der Waals surface area contributed by atoms with E-state index in [1.807, 2.05) is 6.92 Å². The lowest BCUT2D eigenvalue weighted by atomic mass is 10.3. The van der Waals surface area contributed by atoms with Crippen LogP contribution in [0.15, 0.2) is 12.1 Å². The number of hydrogen-bond donors (Lipinski definition) is 1. The maximum absolute atomic E-state index is 12.1. The van der Waals surface area contributed by atoms with Gasteiger partial charge in [-0.3, -0.25) is 9.00 Å². The number of hydrogen-bond acceptors (Lipinski definition) is 5. The molecule has 0 aliphatic carbocycles. The molecule has 1 amide bonds. The van der Waals surface area contributed by atoms with Gasteiger partial charge >= 0.3 is 0 Å². The summed E-state index contributed by atoms with van der Waals surface area (Å²) in [5.41, 5.74) is 0.337. The van der Waals surface area contributed by atoms with Crippen molar-refractivity contribution in [2.24, 2.45) is 0 Å². The predicted octanol–water partition coefficient (Wildman–Crippen LogP) is 0.113. The van der Waals surface area contributed by atoms with Crippen LogP contribution in [0.1, 0.15) is 17.4 Å². The number of aromatic nitrogens is 2. The van der Waals surface area contributed by atoms with Crippen molar-refractivity contribution >= 4 is 22.5 Å². The number of rotatable bonds is 3. The van der Waals surface area contributed by atoms with E-state index in [1.165, 1.54) is 0 Å². The Morgan fingerprint density at radius 1 is 1.39 bits per heavy atom. The molecule has 1 aliphatic heterocycles. The van der Waals surface area contributed by atoms with Crippen LogP contribution in [0.3, 0.4) is 0 Å². The second kappa shape index (κ2) is 5.90. The summed E-state index contributed by atoms with van der Waals surface area (Å²) >= 11 is 0. The topological polar surface area (TPSA) is 75.2 Å². The minimum atomic E-state index is -0.780. The third kappa shape index (κ3) is 3.04. The van der Waals surface area contributed by atoms with Crippen molar-refractivity contribution in [3.8, 4) is 0 Å². The second-order valence-corrected chi connectivity index (χ2v) is 5.67. The van der Waals surface area contributed by atoms with E-state index >= 15 is 0 Å². The van der Waals surface area contributed by atoms with Crippen LogP contribution in [0.4, 0.5) is 5.82 Å². The Labute approximate surface area is 108 Å².